The molecule has 1 N–H and O–H groups in total. The van der Waals surface area contributed by atoms with E-state index in [1.165, 1.54) is 5.56 Å². The average molecular weight is 213 g/mol. The zero-order valence-electron chi connectivity index (χ0n) is 6.05. The van der Waals surface area contributed by atoms with Crippen molar-refractivity contribution in [2.45, 2.75) is 18.9 Å². The fourth-order valence-electron chi connectivity index (χ4n) is 1.59. The van der Waals surface area contributed by atoms with Crippen molar-refractivity contribution in [3.63, 3.8) is 0 Å². The van der Waals surface area contributed by atoms with Gasteiger partial charge in [0.1, 0.15) is 0 Å². The third kappa shape index (κ3) is 1.10. The molecule has 1 aliphatic rings. The summed E-state index contributed by atoms with van der Waals surface area (Å²) in [6, 6.07) is 5.99. The number of hydrogen-bond acceptors (Lipinski definition) is 1. The maximum absolute atomic E-state index is 9.48. The first-order valence-electron chi connectivity index (χ1n) is 3.74. The Morgan fingerprint density at radius 1 is 1.45 bits per heavy atom. The van der Waals surface area contributed by atoms with Gasteiger partial charge < -0.3 is 5.11 Å². The Kier molecular flexibility index (Phi) is 1.74. The number of benzene rings is 1. The zero-order valence-corrected chi connectivity index (χ0v) is 7.63. The van der Waals surface area contributed by atoms with E-state index in [0.717, 1.165) is 22.9 Å². The molecule has 0 aliphatic heterocycles. The van der Waals surface area contributed by atoms with E-state index in [0.29, 0.717) is 0 Å². The van der Waals surface area contributed by atoms with Gasteiger partial charge in [-0.1, -0.05) is 28.1 Å². The Hall–Kier alpha value is -0.340. The minimum atomic E-state index is -0.234. The molecule has 0 unspecified atom stereocenters. The van der Waals surface area contributed by atoms with Gasteiger partial charge in [0.25, 0.3) is 0 Å². The lowest BCUT2D eigenvalue weighted by Crippen LogP contribution is -1.89. The Balaban J connectivity index is 2.57. The molecule has 11 heavy (non-hydrogen) atoms. The predicted molar refractivity (Wildman–Crippen MR) is 47.4 cm³/mol. The number of hydrogen-bond donors (Lipinski definition) is 1. The number of halogens is 1. The lowest BCUT2D eigenvalue weighted by Gasteiger charge is -2.03. The van der Waals surface area contributed by atoms with Crippen LogP contribution in [0.5, 0.6) is 0 Å². The highest BCUT2D eigenvalue weighted by molar-refractivity contribution is 9.10. The summed E-state index contributed by atoms with van der Waals surface area (Å²) in [5, 5.41) is 9.48. The second kappa shape index (κ2) is 2.61. The van der Waals surface area contributed by atoms with Crippen LogP contribution in [0.1, 0.15) is 23.7 Å². The molecule has 0 saturated carbocycles. The van der Waals surface area contributed by atoms with Gasteiger partial charge in [-0.2, -0.15) is 0 Å². The summed E-state index contributed by atoms with van der Waals surface area (Å²) in [7, 11) is 0. The highest BCUT2D eigenvalue weighted by Gasteiger charge is 2.21. The third-order valence-corrected chi connectivity index (χ3v) is 2.92. The molecule has 0 bridgehead atoms. The van der Waals surface area contributed by atoms with E-state index in [9.17, 15) is 5.11 Å². The SMILES string of the molecule is O[C@@H]1CCc2c(Br)cccc21. The lowest BCUT2D eigenvalue weighted by atomic mass is 10.1. The number of aliphatic hydroxyl groups is 1. The van der Waals surface area contributed by atoms with Crippen LogP contribution in [-0.2, 0) is 6.42 Å². The first-order valence-corrected chi connectivity index (χ1v) is 4.53. The van der Waals surface area contributed by atoms with Crippen molar-refractivity contribution in [2.24, 2.45) is 0 Å². The molecule has 0 fully saturated rings. The van der Waals surface area contributed by atoms with Crippen LogP contribution in [0.4, 0.5) is 0 Å². The van der Waals surface area contributed by atoms with Crippen LogP contribution < -0.4 is 0 Å². The van der Waals surface area contributed by atoms with E-state index in [1.807, 2.05) is 18.2 Å². The first-order chi connectivity index (χ1) is 5.29. The minimum Gasteiger partial charge on any atom is -0.388 e. The van der Waals surface area contributed by atoms with Crippen LogP contribution in [-0.4, -0.2) is 5.11 Å². The van der Waals surface area contributed by atoms with E-state index in [2.05, 4.69) is 15.9 Å². The van der Waals surface area contributed by atoms with Crippen LogP contribution in [0.15, 0.2) is 22.7 Å². The summed E-state index contributed by atoms with van der Waals surface area (Å²) in [6.45, 7) is 0. The molecule has 0 saturated heterocycles. The van der Waals surface area contributed by atoms with Gasteiger partial charge in [-0.05, 0) is 30.0 Å². The van der Waals surface area contributed by atoms with E-state index in [4.69, 9.17) is 0 Å². The van der Waals surface area contributed by atoms with E-state index in [-0.39, 0.29) is 6.10 Å². The van der Waals surface area contributed by atoms with Gasteiger partial charge in [-0.25, -0.2) is 0 Å². The summed E-state index contributed by atoms with van der Waals surface area (Å²) in [6.07, 6.45) is 1.64. The van der Waals surface area contributed by atoms with E-state index >= 15 is 0 Å². The fraction of sp³-hybridized carbons (Fsp3) is 0.333. The summed E-state index contributed by atoms with van der Waals surface area (Å²) in [4.78, 5) is 0. The van der Waals surface area contributed by atoms with Gasteiger partial charge in [0.05, 0.1) is 6.10 Å². The van der Waals surface area contributed by atoms with Crippen LogP contribution in [0, 0.1) is 0 Å². The van der Waals surface area contributed by atoms with Crippen molar-refractivity contribution in [3.8, 4) is 0 Å². The largest absolute Gasteiger partial charge is 0.388 e. The van der Waals surface area contributed by atoms with Crippen molar-refractivity contribution in [1.29, 1.82) is 0 Å². The van der Waals surface area contributed by atoms with E-state index in [1.54, 1.807) is 0 Å². The summed E-state index contributed by atoms with van der Waals surface area (Å²) >= 11 is 3.46. The number of rotatable bonds is 0. The van der Waals surface area contributed by atoms with E-state index < -0.39 is 0 Å². The average Bonchev–Trinajstić information content (AvgIpc) is 2.35. The van der Waals surface area contributed by atoms with Gasteiger partial charge in [0.2, 0.25) is 0 Å². The molecule has 0 spiro atoms. The molecule has 1 atom stereocenters. The molecule has 58 valence electrons. The van der Waals surface area contributed by atoms with Crippen LogP contribution in [0.3, 0.4) is 0 Å². The first kappa shape index (κ1) is 7.32. The number of fused-ring (bicyclic) bond motifs is 1. The Morgan fingerprint density at radius 2 is 2.27 bits per heavy atom. The molecule has 0 radical (unpaired) electrons. The standard InChI is InChI=1S/C9H9BrO/c10-8-3-1-2-7-6(8)4-5-9(7)11/h1-3,9,11H,4-5H2/t9-/m1/s1. The highest BCUT2D eigenvalue weighted by Crippen LogP contribution is 2.35. The number of aliphatic hydroxyl groups excluding tert-OH is 1. The fourth-order valence-corrected chi connectivity index (χ4v) is 2.17. The Morgan fingerprint density at radius 3 is 3.00 bits per heavy atom. The monoisotopic (exact) mass is 212 g/mol. The second-order valence-corrected chi connectivity index (χ2v) is 3.72. The van der Waals surface area contributed by atoms with Crippen LogP contribution in [0.2, 0.25) is 0 Å². The molecule has 0 aromatic heterocycles. The maximum atomic E-state index is 9.48. The van der Waals surface area contributed by atoms with Gasteiger partial charge >= 0.3 is 0 Å². The second-order valence-electron chi connectivity index (χ2n) is 2.86. The van der Waals surface area contributed by atoms with Crippen molar-refractivity contribution >= 4 is 15.9 Å². The van der Waals surface area contributed by atoms with Crippen LogP contribution in [0.25, 0.3) is 0 Å². The molecule has 1 aliphatic carbocycles. The summed E-state index contributed by atoms with van der Waals surface area (Å²) in [5.41, 5.74) is 2.37. The molecule has 1 aromatic rings. The van der Waals surface area contributed by atoms with Crippen molar-refractivity contribution in [1.82, 2.24) is 0 Å². The molecule has 2 heteroatoms. The molecular formula is C9H9BrO. The molecule has 1 aromatic carbocycles. The molecule has 0 amide bonds. The topological polar surface area (TPSA) is 20.2 Å². The Labute approximate surface area is 74.2 Å². The third-order valence-electron chi connectivity index (χ3n) is 2.18. The molecule has 1 nitrogen and oxygen atoms in total. The Bertz CT molecular complexity index is 283. The predicted octanol–water partition coefficient (Wildman–Crippen LogP) is 2.43. The van der Waals surface area contributed by atoms with Crippen molar-refractivity contribution in [3.05, 3.63) is 33.8 Å². The van der Waals surface area contributed by atoms with Gasteiger partial charge in [0.15, 0.2) is 0 Å². The van der Waals surface area contributed by atoms with Crippen molar-refractivity contribution < 1.29 is 5.11 Å². The van der Waals surface area contributed by atoms with Gasteiger partial charge in [-0.15, -0.1) is 0 Å². The lowest BCUT2D eigenvalue weighted by molar-refractivity contribution is 0.180. The smallest absolute Gasteiger partial charge is 0.0796 e. The van der Waals surface area contributed by atoms with Gasteiger partial charge in [0, 0.05) is 4.47 Å². The quantitative estimate of drug-likeness (QED) is 0.701. The van der Waals surface area contributed by atoms with Gasteiger partial charge in [-0.3, -0.25) is 0 Å². The normalized spacial score (nSPS) is 21.8. The van der Waals surface area contributed by atoms with Crippen molar-refractivity contribution in [2.75, 3.05) is 0 Å². The molecular weight excluding hydrogens is 204 g/mol. The summed E-state index contributed by atoms with van der Waals surface area (Å²) < 4.78 is 1.13. The summed E-state index contributed by atoms with van der Waals surface area (Å²) in [5.74, 6) is 0. The molecule has 2 rings (SSSR count). The van der Waals surface area contributed by atoms with Crippen LogP contribution >= 0.6 is 15.9 Å². The highest BCUT2D eigenvalue weighted by atomic mass is 79.9. The minimum absolute atomic E-state index is 0.234. The molecule has 0 heterocycles. The maximum Gasteiger partial charge on any atom is 0.0796 e. The zero-order chi connectivity index (χ0) is 7.84.